The summed E-state index contributed by atoms with van der Waals surface area (Å²) in [5.74, 6) is 0. The topological polar surface area (TPSA) is 40.6 Å². The Morgan fingerprint density at radius 2 is 1.67 bits per heavy atom. The molecule has 0 amide bonds. The van der Waals surface area contributed by atoms with Crippen LogP contribution in [0.1, 0.15) is 16.7 Å². The number of hydrogen-bond donors (Lipinski definition) is 0. The molecule has 6 heteroatoms. The van der Waals surface area contributed by atoms with Gasteiger partial charge in [-0.05, 0) is 48.4 Å². The Hall–Kier alpha value is -2.40. The van der Waals surface area contributed by atoms with Crippen LogP contribution in [0.4, 0.5) is 0 Å². The van der Waals surface area contributed by atoms with E-state index in [-0.39, 0.29) is 6.15 Å². The van der Waals surface area contributed by atoms with Gasteiger partial charge in [-0.25, -0.2) is 4.31 Å². The lowest BCUT2D eigenvalue weighted by molar-refractivity contribution is -0.191. The summed E-state index contributed by atoms with van der Waals surface area (Å²) in [6, 6.07) is 26.5. The van der Waals surface area contributed by atoms with Gasteiger partial charge in [-0.1, -0.05) is 89.8 Å². The maximum absolute atomic E-state index is 8.12. The quantitative estimate of drug-likeness (QED) is 0.421. The van der Waals surface area contributed by atoms with Gasteiger partial charge in [0.25, 0.3) is 0 Å². The third kappa shape index (κ3) is 7.29. The average molecular weight is 481 g/mol. The molecular formula is C27H29ClN2O2S. The number of carbonyl (C=O) groups excluding carboxylic acids is 2. The fourth-order valence-electron chi connectivity index (χ4n) is 4.25. The maximum atomic E-state index is 8.12. The van der Waals surface area contributed by atoms with E-state index in [1.54, 1.807) is 0 Å². The van der Waals surface area contributed by atoms with Crippen LogP contribution in [0.15, 0.2) is 72.8 Å². The molecule has 4 rings (SSSR count). The van der Waals surface area contributed by atoms with E-state index in [1.807, 2.05) is 18.0 Å². The maximum Gasteiger partial charge on any atom is 0.373 e. The van der Waals surface area contributed by atoms with Gasteiger partial charge in [-0.3, -0.25) is 4.90 Å². The predicted octanol–water partition coefficient (Wildman–Crippen LogP) is 5.74. The molecule has 0 saturated carbocycles. The molecule has 4 nitrogen and oxygen atoms in total. The van der Waals surface area contributed by atoms with Crippen molar-refractivity contribution >= 4 is 29.7 Å². The molecule has 0 bridgehead atoms. The van der Waals surface area contributed by atoms with E-state index in [4.69, 9.17) is 21.2 Å². The average Bonchev–Trinajstić information content (AvgIpc) is 2.83. The summed E-state index contributed by atoms with van der Waals surface area (Å²) in [6.07, 6.45) is 3.55. The summed E-state index contributed by atoms with van der Waals surface area (Å²) in [4.78, 5) is 18.8. The van der Waals surface area contributed by atoms with Gasteiger partial charge in [0.2, 0.25) is 0 Å². The van der Waals surface area contributed by atoms with Crippen LogP contribution in [0, 0.1) is 6.92 Å². The normalized spacial score (nSPS) is 16.5. The van der Waals surface area contributed by atoms with Crippen molar-refractivity contribution in [1.29, 1.82) is 0 Å². The third-order valence-electron chi connectivity index (χ3n) is 5.85. The predicted molar refractivity (Wildman–Crippen MR) is 136 cm³/mol. The van der Waals surface area contributed by atoms with E-state index >= 15 is 0 Å². The number of halogens is 1. The molecule has 1 fully saturated rings. The van der Waals surface area contributed by atoms with E-state index in [0.29, 0.717) is 6.04 Å². The Morgan fingerprint density at radius 3 is 2.33 bits per heavy atom. The minimum Gasteiger partial charge on any atom is -0.296 e. The van der Waals surface area contributed by atoms with Crippen molar-refractivity contribution in [2.24, 2.45) is 0 Å². The number of aryl methyl sites for hydroxylation is 1. The zero-order valence-electron chi connectivity index (χ0n) is 19.0. The van der Waals surface area contributed by atoms with Crippen LogP contribution >= 0.6 is 23.5 Å². The van der Waals surface area contributed by atoms with Crippen molar-refractivity contribution in [2.75, 3.05) is 25.9 Å². The number of hydrogen-bond acceptors (Lipinski definition) is 5. The molecule has 0 aliphatic carbocycles. The smallest absolute Gasteiger partial charge is 0.296 e. The molecule has 0 radical (unpaired) electrons. The van der Waals surface area contributed by atoms with Crippen LogP contribution in [0.3, 0.4) is 0 Å². The molecule has 1 atom stereocenters. The largest absolute Gasteiger partial charge is 0.373 e. The standard InChI is InChI=1S/C26H29ClN2S.CO2/c1-20-8-13-26(27)25(16-20)23-11-9-22(10-12-23)18-28-14-15-29(30-2)24(19-28)17-21-6-4-3-5-7-21;2-1-3/h3-13,16,24H,14-15,17-19H2,1-2H3;/t24-;/m0./s1. The highest BCUT2D eigenvalue weighted by Crippen LogP contribution is 2.29. The van der Waals surface area contributed by atoms with Crippen LogP contribution in [0.25, 0.3) is 11.1 Å². The Balaban J connectivity index is 0.000000968. The Kier molecular flexibility index (Phi) is 9.74. The van der Waals surface area contributed by atoms with E-state index in [2.05, 4.69) is 89.1 Å². The molecule has 0 spiro atoms. The molecule has 3 aromatic rings. The van der Waals surface area contributed by atoms with Crippen molar-refractivity contribution in [1.82, 2.24) is 9.21 Å². The summed E-state index contributed by atoms with van der Waals surface area (Å²) in [5, 5.41) is 0.810. The lowest BCUT2D eigenvalue weighted by Crippen LogP contribution is -2.50. The van der Waals surface area contributed by atoms with E-state index in [0.717, 1.165) is 43.2 Å². The zero-order chi connectivity index (χ0) is 23.6. The van der Waals surface area contributed by atoms with Crippen LogP contribution in [0.2, 0.25) is 5.02 Å². The molecular weight excluding hydrogens is 452 g/mol. The van der Waals surface area contributed by atoms with E-state index in [1.165, 1.54) is 22.3 Å². The summed E-state index contributed by atoms with van der Waals surface area (Å²) in [5.41, 5.74) is 6.30. The van der Waals surface area contributed by atoms with Crippen molar-refractivity contribution < 1.29 is 9.59 Å². The third-order valence-corrected chi connectivity index (χ3v) is 7.13. The summed E-state index contributed by atoms with van der Waals surface area (Å²) >= 11 is 8.30. The fraction of sp³-hybridized carbons (Fsp3) is 0.296. The van der Waals surface area contributed by atoms with Gasteiger partial charge in [0.15, 0.2) is 0 Å². The first kappa shape index (κ1) is 25.2. The number of rotatable bonds is 6. The van der Waals surface area contributed by atoms with Gasteiger partial charge in [0.05, 0.1) is 0 Å². The Morgan fingerprint density at radius 1 is 0.970 bits per heavy atom. The Labute approximate surface area is 205 Å². The van der Waals surface area contributed by atoms with Gasteiger partial charge < -0.3 is 0 Å². The van der Waals surface area contributed by atoms with Gasteiger partial charge in [-0.15, -0.1) is 0 Å². The molecule has 0 aromatic heterocycles. The van der Waals surface area contributed by atoms with Gasteiger partial charge in [0.1, 0.15) is 0 Å². The SMILES string of the molecule is CSN1CCN(Cc2ccc(-c3cc(C)ccc3Cl)cc2)C[C@@H]1Cc1ccccc1.O=C=O. The summed E-state index contributed by atoms with van der Waals surface area (Å²) in [6.45, 7) is 6.41. The first-order valence-corrected chi connectivity index (χ1v) is 12.5. The van der Waals surface area contributed by atoms with E-state index in [9.17, 15) is 0 Å². The van der Waals surface area contributed by atoms with Crippen molar-refractivity contribution in [3.8, 4) is 11.1 Å². The second-order valence-electron chi connectivity index (χ2n) is 8.17. The molecule has 33 heavy (non-hydrogen) atoms. The Bertz CT molecular complexity index is 1050. The first-order valence-electron chi connectivity index (χ1n) is 11.0. The highest BCUT2D eigenvalue weighted by molar-refractivity contribution is 7.96. The van der Waals surface area contributed by atoms with E-state index < -0.39 is 0 Å². The second kappa shape index (κ2) is 12.7. The molecule has 1 aliphatic heterocycles. The number of piperazine rings is 1. The highest BCUT2D eigenvalue weighted by Gasteiger charge is 2.26. The lowest BCUT2D eigenvalue weighted by atomic mass is 10.0. The van der Waals surface area contributed by atoms with Gasteiger partial charge in [-0.2, -0.15) is 9.59 Å². The molecule has 1 saturated heterocycles. The lowest BCUT2D eigenvalue weighted by Gasteiger charge is -2.40. The molecule has 0 unspecified atom stereocenters. The highest BCUT2D eigenvalue weighted by atomic mass is 35.5. The first-order chi connectivity index (χ1) is 16.0. The number of benzene rings is 3. The molecule has 0 N–H and O–H groups in total. The van der Waals surface area contributed by atoms with Crippen LogP contribution in [-0.4, -0.2) is 47.3 Å². The zero-order valence-corrected chi connectivity index (χ0v) is 20.6. The fourth-order valence-corrected chi connectivity index (χ4v) is 5.18. The van der Waals surface area contributed by atoms with Crippen molar-refractivity contribution in [3.63, 3.8) is 0 Å². The molecule has 3 aromatic carbocycles. The van der Waals surface area contributed by atoms with Gasteiger partial charge >= 0.3 is 6.15 Å². The minimum atomic E-state index is 0.250. The molecule has 1 aliphatic rings. The second-order valence-corrected chi connectivity index (χ2v) is 9.41. The molecule has 1 heterocycles. The van der Waals surface area contributed by atoms with Crippen LogP contribution in [0.5, 0.6) is 0 Å². The minimum absolute atomic E-state index is 0.250. The van der Waals surface area contributed by atoms with Crippen molar-refractivity contribution in [3.05, 3.63) is 94.5 Å². The summed E-state index contributed by atoms with van der Waals surface area (Å²) < 4.78 is 2.55. The van der Waals surface area contributed by atoms with Crippen LogP contribution < -0.4 is 0 Å². The molecule has 172 valence electrons. The van der Waals surface area contributed by atoms with Crippen molar-refractivity contribution in [2.45, 2.75) is 25.9 Å². The summed E-state index contributed by atoms with van der Waals surface area (Å²) in [7, 11) is 0. The number of nitrogens with zero attached hydrogens (tertiary/aromatic N) is 2. The monoisotopic (exact) mass is 480 g/mol. The van der Waals surface area contributed by atoms with Crippen LogP contribution in [-0.2, 0) is 22.6 Å². The van der Waals surface area contributed by atoms with Gasteiger partial charge in [0, 0.05) is 42.8 Å².